The zero-order valence-electron chi connectivity index (χ0n) is 13.3. The minimum atomic E-state index is -0.116. The number of carbonyl (C=O) groups excluding carboxylic acids is 1. The van der Waals surface area contributed by atoms with E-state index in [9.17, 15) is 4.79 Å². The van der Waals surface area contributed by atoms with Crippen LogP contribution in [0.1, 0.15) is 30.1 Å². The predicted octanol–water partition coefficient (Wildman–Crippen LogP) is 2.82. The van der Waals surface area contributed by atoms with E-state index in [0.29, 0.717) is 12.1 Å². The van der Waals surface area contributed by atoms with Gasteiger partial charge in [-0.3, -0.25) is 4.79 Å². The molecule has 1 amide bonds. The van der Waals surface area contributed by atoms with Crippen molar-refractivity contribution in [2.75, 3.05) is 31.1 Å². The zero-order chi connectivity index (χ0) is 16.2. The Morgan fingerprint density at radius 3 is 2.78 bits per heavy atom. The van der Waals surface area contributed by atoms with Crippen LogP contribution < -0.4 is 4.90 Å². The summed E-state index contributed by atoms with van der Waals surface area (Å²) >= 11 is 0. The molecule has 118 valence electrons. The number of benzene rings is 1. The fraction of sp³-hybridized carbons (Fsp3) is 0.389. The van der Waals surface area contributed by atoms with Gasteiger partial charge in [0.1, 0.15) is 12.4 Å². The molecular weight excluding hydrogens is 288 g/mol. The van der Waals surface area contributed by atoms with Crippen molar-refractivity contribution in [1.29, 1.82) is 5.26 Å². The maximum atomic E-state index is 12.9. The molecule has 1 aliphatic rings. The van der Waals surface area contributed by atoms with Crippen LogP contribution in [-0.4, -0.2) is 42.0 Å². The molecule has 1 aromatic carbocycles. The summed E-state index contributed by atoms with van der Waals surface area (Å²) in [6.45, 7) is 4.35. The van der Waals surface area contributed by atoms with E-state index in [4.69, 9.17) is 10.2 Å². The molecular formula is C18H20N4O. The van der Waals surface area contributed by atoms with E-state index in [0.717, 1.165) is 42.7 Å². The second-order valence-corrected chi connectivity index (χ2v) is 5.72. The molecule has 2 heterocycles. The van der Waals surface area contributed by atoms with Gasteiger partial charge in [-0.1, -0.05) is 18.2 Å². The summed E-state index contributed by atoms with van der Waals surface area (Å²) in [5, 5.41) is 9.90. The van der Waals surface area contributed by atoms with E-state index in [1.807, 2.05) is 37.3 Å². The summed E-state index contributed by atoms with van der Waals surface area (Å²) in [4.78, 5) is 21.4. The summed E-state index contributed by atoms with van der Waals surface area (Å²) in [5.74, 6) is 0.636. The summed E-state index contributed by atoms with van der Waals surface area (Å²) < 4.78 is 0. The third kappa shape index (κ3) is 2.98. The van der Waals surface area contributed by atoms with Crippen molar-refractivity contribution in [2.24, 2.45) is 0 Å². The van der Waals surface area contributed by atoms with Gasteiger partial charge < -0.3 is 9.80 Å². The molecule has 0 bridgehead atoms. The van der Waals surface area contributed by atoms with Crippen LogP contribution in [0.25, 0.3) is 10.9 Å². The number of nitrogens with zero attached hydrogens (tertiary/aromatic N) is 4. The molecule has 0 spiro atoms. The lowest BCUT2D eigenvalue weighted by Gasteiger charge is -2.24. The first kappa shape index (κ1) is 15.3. The Labute approximate surface area is 136 Å². The van der Waals surface area contributed by atoms with Crippen LogP contribution in [0.15, 0.2) is 30.3 Å². The first-order valence-electron chi connectivity index (χ1n) is 8.05. The molecule has 1 fully saturated rings. The molecule has 5 heteroatoms. The highest BCUT2D eigenvalue weighted by atomic mass is 16.2. The summed E-state index contributed by atoms with van der Waals surface area (Å²) in [6, 6.07) is 11.8. The normalized spacial score (nSPS) is 14.0. The van der Waals surface area contributed by atoms with Crippen LogP contribution in [0.5, 0.6) is 0 Å². The number of para-hydroxylation sites is 1. The average Bonchev–Trinajstić information content (AvgIpc) is 3.12. The Kier molecular flexibility index (Phi) is 4.42. The van der Waals surface area contributed by atoms with Gasteiger partial charge in [-0.05, 0) is 31.9 Å². The lowest BCUT2D eigenvalue weighted by atomic mass is 10.1. The fourth-order valence-electron chi connectivity index (χ4n) is 3.02. The highest BCUT2D eigenvalue weighted by molar-refractivity contribution is 6.02. The molecule has 1 saturated heterocycles. The van der Waals surface area contributed by atoms with E-state index in [2.05, 4.69) is 11.0 Å². The van der Waals surface area contributed by atoms with Crippen molar-refractivity contribution in [3.63, 3.8) is 0 Å². The Morgan fingerprint density at radius 2 is 2.09 bits per heavy atom. The fourth-order valence-corrected chi connectivity index (χ4v) is 3.02. The first-order chi connectivity index (χ1) is 11.2. The quantitative estimate of drug-likeness (QED) is 0.815. The predicted molar refractivity (Wildman–Crippen MR) is 90.4 cm³/mol. The third-order valence-corrected chi connectivity index (χ3v) is 4.27. The number of amides is 1. The average molecular weight is 308 g/mol. The van der Waals surface area contributed by atoms with Gasteiger partial charge in [0.05, 0.1) is 17.1 Å². The van der Waals surface area contributed by atoms with Gasteiger partial charge in [0.15, 0.2) is 0 Å². The molecule has 2 aromatic rings. The van der Waals surface area contributed by atoms with E-state index in [-0.39, 0.29) is 12.5 Å². The number of fused-ring (bicyclic) bond motifs is 1. The van der Waals surface area contributed by atoms with Gasteiger partial charge in [0.2, 0.25) is 0 Å². The number of anilines is 1. The number of carbonyl (C=O) groups is 1. The maximum Gasteiger partial charge on any atom is 0.258 e. The minimum Gasteiger partial charge on any atom is -0.356 e. The van der Waals surface area contributed by atoms with Gasteiger partial charge in [-0.2, -0.15) is 5.26 Å². The minimum absolute atomic E-state index is 0.0988. The Bertz CT molecular complexity index is 759. The molecule has 1 aliphatic heterocycles. The molecule has 3 rings (SSSR count). The molecule has 0 atom stereocenters. The summed E-state index contributed by atoms with van der Waals surface area (Å²) in [7, 11) is 0. The Hall–Kier alpha value is -2.61. The highest BCUT2D eigenvalue weighted by Crippen LogP contribution is 2.27. The smallest absolute Gasteiger partial charge is 0.258 e. The van der Waals surface area contributed by atoms with Crippen LogP contribution in [0.2, 0.25) is 0 Å². The molecule has 0 saturated carbocycles. The summed E-state index contributed by atoms with van der Waals surface area (Å²) in [5.41, 5.74) is 1.50. The van der Waals surface area contributed by atoms with Crippen molar-refractivity contribution in [3.05, 3.63) is 35.9 Å². The van der Waals surface area contributed by atoms with Gasteiger partial charge >= 0.3 is 0 Å². The van der Waals surface area contributed by atoms with Crippen molar-refractivity contribution in [1.82, 2.24) is 9.88 Å². The summed E-state index contributed by atoms with van der Waals surface area (Å²) in [6.07, 6.45) is 2.25. The number of hydrogen-bond donors (Lipinski definition) is 0. The lowest BCUT2D eigenvalue weighted by molar-refractivity contribution is 0.0784. The standard InChI is InChI=1S/C18H20N4O/c1-2-21(12-9-19)18(23)15-13-14-7-3-4-8-16(14)20-17(15)22-10-5-6-11-22/h3-4,7-8,13H,2,5-6,10-12H2,1H3. The molecule has 0 radical (unpaired) electrons. The van der Waals surface area contributed by atoms with E-state index in [1.54, 1.807) is 4.90 Å². The van der Waals surface area contributed by atoms with E-state index >= 15 is 0 Å². The van der Waals surface area contributed by atoms with Gasteiger partial charge in [0, 0.05) is 25.0 Å². The first-order valence-corrected chi connectivity index (χ1v) is 8.05. The molecule has 0 aliphatic carbocycles. The second kappa shape index (κ2) is 6.66. The van der Waals surface area contributed by atoms with Crippen molar-refractivity contribution < 1.29 is 4.79 Å². The van der Waals surface area contributed by atoms with E-state index in [1.165, 1.54) is 0 Å². The molecule has 23 heavy (non-hydrogen) atoms. The zero-order valence-corrected chi connectivity index (χ0v) is 13.3. The van der Waals surface area contributed by atoms with Gasteiger partial charge in [-0.15, -0.1) is 0 Å². The van der Waals surface area contributed by atoms with Crippen LogP contribution >= 0.6 is 0 Å². The number of aromatic nitrogens is 1. The van der Waals surface area contributed by atoms with Gasteiger partial charge in [-0.25, -0.2) is 4.98 Å². The van der Waals surface area contributed by atoms with Crippen LogP contribution in [0.4, 0.5) is 5.82 Å². The number of nitriles is 1. The Balaban J connectivity index is 2.10. The number of pyridine rings is 1. The topological polar surface area (TPSA) is 60.2 Å². The monoisotopic (exact) mass is 308 g/mol. The molecule has 1 aromatic heterocycles. The maximum absolute atomic E-state index is 12.9. The van der Waals surface area contributed by atoms with E-state index < -0.39 is 0 Å². The van der Waals surface area contributed by atoms with Crippen molar-refractivity contribution in [3.8, 4) is 6.07 Å². The van der Waals surface area contributed by atoms with Gasteiger partial charge in [0.25, 0.3) is 5.91 Å². The van der Waals surface area contributed by atoms with Crippen LogP contribution in [-0.2, 0) is 0 Å². The largest absolute Gasteiger partial charge is 0.356 e. The number of hydrogen-bond acceptors (Lipinski definition) is 4. The molecule has 5 nitrogen and oxygen atoms in total. The SMILES string of the molecule is CCN(CC#N)C(=O)c1cc2ccccc2nc1N1CCCC1. The van der Waals surface area contributed by atoms with Crippen molar-refractivity contribution in [2.45, 2.75) is 19.8 Å². The lowest BCUT2D eigenvalue weighted by Crippen LogP contribution is -2.33. The van der Waals surface area contributed by atoms with Crippen LogP contribution in [0.3, 0.4) is 0 Å². The Morgan fingerprint density at radius 1 is 1.35 bits per heavy atom. The highest BCUT2D eigenvalue weighted by Gasteiger charge is 2.24. The van der Waals surface area contributed by atoms with Crippen LogP contribution in [0, 0.1) is 11.3 Å². The molecule has 0 N–H and O–H groups in total. The number of rotatable bonds is 4. The second-order valence-electron chi connectivity index (χ2n) is 5.72. The third-order valence-electron chi connectivity index (χ3n) is 4.27. The molecule has 0 unspecified atom stereocenters. The van der Waals surface area contributed by atoms with Crippen molar-refractivity contribution >= 4 is 22.6 Å².